The van der Waals surface area contributed by atoms with E-state index in [2.05, 4.69) is 29.2 Å². The molecule has 0 atom stereocenters. The number of likely N-dealkylation sites (tertiary alicyclic amines) is 1. The Kier molecular flexibility index (Phi) is 8.56. The van der Waals surface area contributed by atoms with Crippen LogP contribution < -0.4 is 0 Å². The average molecular weight is 610 g/mol. The molecule has 218 valence electrons. The molecule has 6 nitrogen and oxygen atoms in total. The van der Waals surface area contributed by atoms with Crippen LogP contribution >= 0.6 is 11.6 Å². The van der Waals surface area contributed by atoms with Gasteiger partial charge in [-0.1, -0.05) is 72.3 Å². The molecule has 6 rings (SSSR count). The van der Waals surface area contributed by atoms with Crippen LogP contribution in [-0.4, -0.2) is 41.6 Å². The predicted octanol–water partition coefficient (Wildman–Crippen LogP) is 7.30. The maximum atomic E-state index is 13.7. The van der Waals surface area contributed by atoms with Crippen LogP contribution in [0.3, 0.4) is 0 Å². The number of rotatable bonds is 8. The van der Waals surface area contributed by atoms with Gasteiger partial charge in [0.2, 0.25) is 10.0 Å². The topological polar surface area (TPSA) is 70.6 Å². The van der Waals surface area contributed by atoms with E-state index < -0.39 is 10.0 Å². The fourth-order valence-electron chi connectivity index (χ4n) is 5.80. The number of aromatic nitrogens is 1. The average Bonchev–Trinajstić information content (AvgIpc) is 3.05. The number of carbonyl (C=O) groups excluding carboxylic acids is 1. The lowest BCUT2D eigenvalue weighted by Gasteiger charge is -2.33. The lowest BCUT2D eigenvalue weighted by molar-refractivity contribution is 0.0713. The summed E-state index contributed by atoms with van der Waals surface area (Å²) in [6.07, 6.45) is 5.54. The monoisotopic (exact) mass is 609 g/mol. The standard InChI is InChI=1S/C35H32ClN3O3S/c36-31-13-15-32(16-14-31)43(41,42)39(24-26-5-2-1-3-6-26)25-27-9-11-29(12-10-27)35(40)38-21-18-28(19-22-38)33-8-4-7-30-23-37-20-17-34(30)33/h1-17,20,23,28H,18-19,21-22,24-25H2. The third-order valence-electron chi connectivity index (χ3n) is 8.15. The van der Waals surface area contributed by atoms with Crippen LogP contribution in [0.15, 0.2) is 120 Å². The lowest BCUT2D eigenvalue weighted by atomic mass is 9.86. The van der Waals surface area contributed by atoms with Crippen molar-refractivity contribution in [2.24, 2.45) is 0 Å². The van der Waals surface area contributed by atoms with Crippen molar-refractivity contribution in [1.82, 2.24) is 14.2 Å². The number of nitrogens with zero attached hydrogens (tertiary/aromatic N) is 3. The van der Waals surface area contributed by atoms with E-state index in [1.807, 2.05) is 59.8 Å². The Morgan fingerprint density at radius 1 is 0.814 bits per heavy atom. The van der Waals surface area contributed by atoms with Gasteiger partial charge in [-0.2, -0.15) is 4.31 Å². The molecule has 1 saturated heterocycles. The molecule has 4 aromatic carbocycles. The first-order valence-corrected chi connectivity index (χ1v) is 16.2. The number of hydrogen-bond donors (Lipinski definition) is 0. The molecule has 1 fully saturated rings. The Balaban J connectivity index is 1.15. The van der Waals surface area contributed by atoms with Crippen LogP contribution in [0.4, 0.5) is 0 Å². The van der Waals surface area contributed by atoms with Crippen molar-refractivity contribution in [1.29, 1.82) is 0 Å². The zero-order valence-electron chi connectivity index (χ0n) is 23.6. The van der Waals surface area contributed by atoms with E-state index in [1.165, 1.54) is 27.4 Å². The van der Waals surface area contributed by atoms with Gasteiger partial charge in [-0.15, -0.1) is 0 Å². The normalized spacial score (nSPS) is 14.3. The highest BCUT2D eigenvalue weighted by Crippen LogP contribution is 2.33. The number of pyridine rings is 1. The Hall–Kier alpha value is -4.04. The first kappa shape index (κ1) is 29.1. The molecule has 0 N–H and O–H groups in total. The van der Waals surface area contributed by atoms with Crippen molar-refractivity contribution in [3.05, 3.63) is 143 Å². The van der Waals surface area contributed by atoms with Crippen LogP contribution in [0, 0.1) is 0 Å². The number of sulfonamides is 1. The molecule has 0 bridgehead atoms. The third kappa shape index (κ3) is 6.49. The van der Waals surface area contributed by atoms with Gasteiger partial charge in [0.05, 0.1) is 4.90 Å². The Morgan fingerprint density at radius 2 is 1.49 bits per heavy atom. The molecule has 43 heavy (non-hydrogen) atoms. The van der Waals surface area contributed by atoms with Gasteiger partial charge in [0.15, 0.2) is 0 Å². The van der Waals surface area contributed by atoms with Gasteiger partial charge in [0.25, 0.3) is 5.91 Å². The number of halogens is 1. The van der Waals surface area contributed by atoms with Crippen LogP contribution in [0.1, 0.15) is 45.8 Å². The minimum atomic E-state index is -3.80. The number of hydrogen-bond acceptors (Lipinski definition) is 4. The van der Waals surface area contributed by atoms with E-state index in [4.69, 9.17) is 11.6 Å². The highest BCUT2D eigenvalue weighted by atomic mass is 35.5. The Bertz CT molecular complexity index is 1820. The molecule has 1 amide bonds. The summed E-state index contributed by atoms with van der Waals surface area (Å²) < 4.78 is 28.8. The number of benzene rings is 4. The number of fused-ring (bicyclic) bond motifs is 1. The summed E-state index contributed by atoms with van der Waals surface area (Å²) in [7, 11) is -3.80. The third-order valence-corrected chi connectivity index (χ3v) is 10.2. The summed E-state index contributed by atoms with van der Waals surface area (Å²) in [4.78, 5) is 19.8. The molecule has 5 aromatic rings. The fraction of sp³-hybridized carbons (Fsp3) is 0.200. The maximum absolute atomic E-state index is 13.7. The highest BCUT2D eigenvalue weighted by Gasteiger charge is 2.27. The number of amides is 1. The molecule has 0 saturated carbocycles. The SMILES string of the molecule is O=C(c1ccc(CN(Cc2ccccc2)S(=O)(=O)c2ccc(Cl)cc2)cc1)N1CCC(c2cccc3cnccc23)CC1. The van der Waals surface area contributed by atoms with Gasteiger partial charge in [-0.25, -0.2) is 8.42 Å². The van der Waals surface area contributed by atoms with Gasteiger partial charge in [0, 0.05) is 54.5 Å². The molecule has 0 unspecified atom stereocenters. The second kappa shape index (κ2) is 12.7. The van der Waals surface area contributed by atoms with Crippen LogP contribution in [0.2, 0.25) is 5.02 Å². The number of piperidine rings is 1. The van der Waals surface area contributed by atoms with Gasteiger partial charge in [0.1, 0.15) is 0 Å². The lowest BCUT2D eigenvalue weighted by Crippen LogP contribution is -2.38. The second-order valence-electron chi connectivity index (χ2n) is 10.9. The summed E-state index contributed by atoms with van der Waals surface area (Å²) in [6, 6.07) is 31.5. The van der Waals surface area contributed by atoms with Crippen molar-refractivity contribution in [2.45, 2.75) is 36.7 Å². The van der Waals surface area contributed by atoms with E-state index in [0.717, 1.165) is 29.4 Å². The zero-order chi connectivity index (χ0) is 29.8. The van der Waals surface area contributed by atoms with Crippen molar-refractivity contribution in [2.75, 3.05) is 13.1 Å². The number of carbonyl (C=O) groups is 1. The van der Waals surface area contributed by atoms with Gasteiger partial charge in [-0.05, 0) is 83.3 Å². The quantitative estimate of drug-likeness (QED) is 0.185. The summed E-state index contributed by atoms with van der Waals surface area (Å²) in [5, 5.41) is 2.85. The van der Waals surface area contributed by atoms with E-state index in [-0.39, 0.29) is 23.9 Å². The highest BCUT2D eigenvalue weighted by molar-refractivity contribution is 7.89. The van der Waals surface area contributed by atoms with Crippen LogP contribution in [0.25, 0.3) is 10.8 Å². The van der Waals surface area contributed by atoms with Crippen molar-refractivity contribution >= 4 is 38.3 Å². The smallest absolute Gasteiger partial charge is 0.253 e. The molecule has 8 heteroatoms. The maximum Gasteiger partial charge on any atom is 0.253 e. The molecule has 2 heterocycles. The first-order chi connectivity index (χ1) is 20.9. The van der Waals surface area contributed by atoms with Crippen molar-refractivity contribution in [3.63, 3.8) is 0 Å². The minimum Gasteiger partial charge on any atom is -0.339 e. The van der Waals surface area contributed by atoms with Gasteiger partial charge < -0.3 is 4.90 Å². The van der Waals surface area contributed by atoms with E-state index >= 15 is 0 Å². The molecular formula is C35H32ClN3O3S. The van der Waals surface area contributed by atoms with Gasteiger partial charge >= 0.3 is 0 Å². The molecular weight excluding hydrogens is 578 g/mol. The zero-order valence-corrected chi connectivity index (χ0v) is 25.2. The molecule has 0 aliphatic carbocycles. The van der Waals surface area contributed by atoms with E-state index in [9.17, 15) is 13.2 Å². The molecule has 1 aliphatic rings. The largest absolute Gasteiger partial charge is 0.339 e. The first-order valence-electron chi connectivity index (χ1n) is 14.4. The predicted molar refractivity (Wildman–Crippen MR) is 170 cm³/mol. The summed E-state index contributed by atoms with van der Waals surface area (Å²) in [5.41, 5.74) is 3.61. The van der Waals surface area contributed by atoms with Crippen LogP contribution in [0.5, 0.6) is 0 Å². The summed E-state index contributed by atoms with van der Waals surface area (Å²) in [5.74, 6) is 0.401. The molecule has 0 radical (unpaired) electrons. The van der Waals surface area contributed by atoms with Crippen LogP contribution in [-0.2, 0) is 23.1 Å². The summed E-state index contributed by atoms with van der Waals surface area (Å²) >= 11 is 6.01. The Labute approximate surface area is 257 Å². The second-order valence-corrected chi connectivity index (χ2v) is 13.3. The van der Waals surface area contributed by atoms with Gasteiger partial charge in [-0.3, -0.25) is 9.78 Å². The van der Waals surface area contributed by atoms with Crippen molar-refractivity contribution in [3.8, 4) is 0 Å². The van der Waals surface area contributed by atoms with E-state index in [1.54, 1.807) is 24.3 Å². The fourth-order valence-corrected chi connectivity index (χ4v) is 7.35. The molecule has 1 aromatic heterocycles. The van der Waals surface area contributed by atoms with E-state index in [0.29, 0.717) is 29.6 Å². The Morgan fingerprint density at radius 3 is 2.19 bits per heavy atom. The summed E-state index contributed by atoms with van der Waals surface area (Å²) in [6.45, 7) is 1.77. The minimum absolute atomic E-state index is 0.00190. The van der Waals surface area contributed by atoms with Crippen molar-refractivity contribution < 1.29 is 13.2 Å². The molecule has 0 spiro atoms. The molecule has 1 aliphatic heterocycles.